The lowest BCUT2D eigenvalue weighted by molar-refractivity contribution is 0.0953. The molecule has 0 saturated carbocycles. The summed E-state index contributed by atoms with van der Waals surface area (Å²) in [4.78, 5) is 19.5. The van der Waals surface area contributed by atoms with Crippen molar-refractivity contribution >= 4 is 5.91 Å². The molecule has 1 amide bonds. The topological polar surface area (TPSA) is 67.0 Å². The minimum Gasteiger partial charge on any atom is -0.497 e. The summed E-state index contributed by atoms with van der Waals surface area (Å²) in [5, 5.41) is 2.77. The molecule has 1 heterocycles. The largest absolute Gasteiger partial charge is 0.497 e. The molecule has 3 aromatic rings. The zero-order chi connectivity index (χ0) is 17.6. The van der Waals surface area contributed by atoms with Gasteiger partial charge in [-0.1, -0.05) is 6.07 Å². The van der Waals surface area contributed by atoms with Crippen LogP contribution in [0.1, 0.15) is 16.1 Å². The summed E-state index contributed by atoms with van der Waals surface area (Å²) in [5.41, 5.74) is 2.17. The maximum Gasteiger partial charge on any atom is 0.251 e. The standard InChI is InChI=1S/C19H18FN3O2/c1-25-17-7-5-13(6-8-17)18-22-12-16(23-18)9-10-21-19(24)14-3-2-4-15(20)11-14/h2-8,11-12H,9-10H2,1H3,(H,21,24)(H,22,23). The molecule has 6 heteroatoms. The van der Waals surface area contributed by atoms with Crippen LogP contribution in [-0.2, 0) is 6.42 Å². The summed E-state index contributed by atoms with van der Waals surface area (Å²) in [6.07, 6.45) is 2.35. The molecule has 3 rings (SSSR count). The minimum absolute atomic E-state index is 0.297. The number of aromatic nitrogens is 2. The highest BCUT2D eigenvalue weighted by Crippen LogP contribution is 2.19. The molecule has 0 aliphatic rings. The number of hydrogen-bond donors (Lipinski definition) is 2. The second-order valence-corrected chi connectivity index (χ2v) is 5.50. The molecule has 2 N–H and O–H groups in total. The van der Waals surface area contributed by atoms with Crippen molar-refractivity contribution in [3.63, 3.8) is 0 Å². The number of methoxy groups -OCH3 is 1. The predicted molar refractivity (Wildman–Crippen MR) is 93.0 cm³/mol. The van der Waals surface area contributed by atoms with Gasteiger partial charge in [0, 0.05) is 36.0 Å². The van der Waals surface area contributed by atoms with Crippen LogP contribution in [0.25, 0.3) is 11.4 Å². The quantitative estimate of drug-likeness (QED) is 0.725. The van der Waals surface area contributed by atoms with E-state index in [0.717, 1.165) is 22.8 Å². The molecule has 128 valence electrons. The zero-order valence-corrected chi connectivity index (χ0v) is 13.8. The van der Waals surface area contributed by atoms with Gasteiger partial charge in [-0.2, -0.15) is 0 Å². The number of carbonyl (C=O) groups excluding carboxylic acids is 1. The van der Waals surface area contributed by atoms with E-state index in [0.29, 0.717) is 18.5 Å². The number of nitrogens with zero attached hydrogens (tertiary/aromatic N) is 1. The van der Waals surface area contributed by atoms with E-state index in [-0.39, 0.29) is 5.91 Å². The third-order valence-corrected chi connectivity index (χ3v) is 3.76. The van der Waals surface area contributed by atoms with Crippen molar-refractivity contribution in [1.82, 2.24) is 15.3 Å². The van der Waals surface area contributed by atoms with E-state index in [1.165, 1.54) is 18.2 Å². The second kappa shape index (κ2) is 7.61. The van der Waals surface area contributed by atoms with Crippen molar-refractivity contribution in [3.05, 3.63) is 71.8 Å². The Balaban J connectivity index is 1.55. The molecule has 0 radical (unpaired) electrons. The fraction of sp³-hybridized carbons (Fsp3) is 0.158. The number of ether oxygens (including phenoxy) is 1. The Morgan fingerprint density at radius 2 is 2.04 bits per heavy atom. The fourth-order valence-electron chi connectivity index (χ4n) is 2.42. The predicted octanol–water partition coefficient (Wildman–Crippen LogP) is 3.20. The first kappa shape index (κ1) is 16.7. The lowest BCUT2D eigenvalue weighted by Crippen LogP contribution is -2.25. The van der Waals surface area contributed by atoms with Gasteiger partial charge >= 0.3 is 0 Å². The number of rotatable bonds is 6. The molecule has 0 atom stereocenters. The number of benzene rings is 2. The van der Waals surface area contributed by atoms with E-state index in [4.69, 9.17) is 4.74 Å². The van der Waals surface area contributed by atoms with Crippen molar-refractivity contribution in [1.29, 1.82) is 0 Å². The van der Waals surface area contributed by atoms with E-state index in [1.807, 2.05) is 24.3 Å². The van der Waals surface area contributed by atoms with E-state index in [2.05, 4.69) is 15.3 Å². The van der Waals surface area contributed by atoms with E-state index >= 15 is 0 Å². The van der Waals surface area contributed by atoms with Gasteiger partial charge in [-0.3, -0.25) is 4.79 Å². The third kappa shape index (κ3) is 4.23. The van der Waals surface area contributed by atoms with Gasteiger partial charge in [-0.05, 0) is 42.5 Å². The molecule has 0 unspecified atom stereocenters. The maximum atomic E-state index is 13.1. The molecule has 0 aliphatic carbocycles. The minimum atomic E-state index is -0.426. The Bertz CT molecular complexity index is 859. The average molecular weight is 339 g/mol. The number of aromatic amines is 1. The van der Waals surface area contributed by atoms with Gasteiger partial charge < -0.3 is 15.0 Å². The Morgan fingerprint density at radius 3 is 2.76 bits per heavy atom. The first-order chi connectivity index (χ1) is 12.2. The molecule has 0 fully saturated rings. The number of hydrogen-bond acceptors (Lipinski definition) is 3. The molecule has 5 nitrogen and oxygen atoms in total. The Morgan fingerprint density at radius 1 is 1.24 bits per heavy atom. The van der Waals surface area contributed by atoms with Crippen LogP contribution in [0.3, 0.4) is 0 Å². The van der Waals surface area contributed by atoms with Crippen molar-refractivity contribution < 1.29 is 13.9 Å². The van der Waals surface area contributed by atoms with Crippen LogP contribution in [0.4, 0.5) is 4.39 Å². The van der Waals surface area contributed by atoms with Gasteiger partial charge in [0.2, 0.25) is 0 Å². The summed E-state index contributed by atoms with van der Waals surface area (Å²) in [7, 11) is 1.62. The Kier molecular flexibility index (Phi) is 5.09. The molecular weight excluding hydrogens is 321 g/mol. The Labute approximate surface area is 144 Å². The van der Waals surface area contributed by atoms with E-state index < -0.39 is 5.82 Å². The third-order valence-electron chi connectivity index (χ3n) is 3.76. The number of halogens is 1. The van der Waals surface area contributed by atoms with Crippen molar-refractivity contribution in [2.45, 2.75) is 6.42 Å². The van der Waals surface area contributed by atoms with Gasteiger partial charge in [-0.25, -0.2) is 9.37 Å². The summed E-state index contributed by atoms with van der Waals surface area (Å²) in [5.74, 6) is 0.824. The van der Waals surface area contributed by atoms with Crippen LogP contribution in [0, 0.1) is 5.82 Å². The van der Waals surface area contributed by atoms with Crippen molar-refractivity contribution in [3.8, 4) is 17.1 Å². The maximum absolute atomic E-state index is 13.1. The van der Waals surface area contributed by atoms with Gasteiger partial charge in [0.1, 0.15) is 17.4 Å². The second-order valence-electron chi connectivity index (χ2n) is 5.50. The fourth-order valence-corrected chi connectivity index (χ4v) is 2.42. The molecule has 25 heavy (non-hydrogen) atoms. The molecule has 0 spiro atoms. The molecule has 0 saturated heterocycles. The number of nitrogens with one attached hydrogen (secondary N) is 2. The summed E-state index contributed by atoms with van der Waals surface area (Å²) >= 11 is 0. The molecule has 2 aromatic carbocycles. The van der Waals surface area contributed by atoms with Crippen molar-refractivity contribution in [2.24, 2.45) is 0 Å². The molecular formula is C19H18FN3O2. The Hall–Kier alpha value is -3.15. The summed E-state index contributed by atoms with van der Waals surface area (Å²) in [6, 6.07) is 13.2. The zero-order valence-electron chi connectivity index (χ0n) is 13.8. The van der Waals surface area contributed by atoms with Crippen LogP contribution in [0.5, 0.6) is 5.75 Å². The SMILES string of the molecule is COc1ccc(-c2ncc(CCNC(=O)c3cccc(F)c3)[nH]2)cc1. The highest BCUT2D eigenvalue weighted by molar-refractivity contribution is 5.94. The monoisotopic (exact) mass is 339 g/mol. The first-order valence-corrected chi connectivity index (χ1v) is 7.88. The molecule has 1 aromatic heterocycles. The van der Waals surface area contributed by atoms with Gasteiger partial charge in [0.05, 0.1) is 7.11 Å². The number of carbonyl (C=O) groups is 1. The normalized spacial score (nSPS) is 10.5. The summed E-state index contributed by atoms with van der Waals surface area (Å²) in [6.45, 7) is 0.430. The average Bonchev–Trinajstić information content (AvgIpc) is 3.10. The molecule has 0 bridgehead atoms. The highest BCUT2D eigenvalue weighted by Gasteiger charge is 2.07. The van der Waals surface area contributed by atoms with Gasteiger partial charge in [0.25, 0.3) is 5.91 Å². The lowest BCUT2D eigenvalue weighted by atomic mass is 10.2. The number of H-pyrrole nitrogens is 1. The van der Waals surface area contributed by atoms with Crippen LogP contribution in [0.2, 0.25) is 0 Å². The number of amides is 1. The first-order valence-electron chi connectivity index (χ1n) is 7.88. The van der Waals surface area contributed by atoms with Gasteiger partial charge in [0.15, 0.2) is 0 Å². The lowest BCUT2D eigenvalue weighted by Gasteiger charge is -2.04. The van der Waals surface area contributed by atoms with Crippen LogP contribution in [0.15, 0.2) is 54.7 Å². The van der Waals surface area contributed by atoms with Crippen LogP contribution >= 0.6 is 0 Å². The van der Waals surface area contributed by atoms with Crippen LogP contribution < -0.4 is 10.1 Å². The smallest absolute Gasteiger partial charge is 0.251 e. The van der Waals surface area contributed by atoms with E-state index in [1.54, 1.807) is 19.4 Å². The number of imidazole rings is 1. The highest BCUT2D eigenvalue weighted by atomic mass is 19.1. The van der Waals surface area contributed by atoms with E-state index in [9.17, 15) is 9.18 Å². The van der Waals surface area contributed by atoms with Gasteiger partial charge in [-0.15, -0.1) is 0 Å². The van der Waals surface area contributed by atoms with Crippen LogP contribution in [-0.4, -0.2) is 29.5 Å². The summed E-state index contributed by atoms with van der Waals surface area (Å²) < 4.78 is 18.3. The van der Waals surface area contributed by atoms with Crippen molar-refractivity contribution in [2.75, 3.05) is 13.7 Å². The molecule has 0 aliphatic heterocycles.